The standard InChI is InChI=1S/C22H23N5O5S/c1-31-11-9-24-8-6-21(23)33(29,30)17-3-4-18-15(12-17)13-25-27(22(18)28)14-16-2-5-20-19(26-16)7-10-32-20/h2-6,8,12-13H,7,9-11,14,23H2,1H3/b21-6+,24-8?. The average molecular weight is 470 g/mol. The molecule has 33 heavy (non-hydrogen) atoms. The predicted octanol–water partition coefficient (Wildman–Crippen LogP) is 1.07. The van der Waals surface area contributed by atoms with Gasteiger partial charge in [-0.2, -0.15) is 5.10 Å². The van der Waals surface area contributed by atoms with Crippen LogP contribution in [0.15, 0.2) is 62.3 Å². The van der Waals surface area contributed by atoms with Crippen molar-refractivity contribution in [3.63, 3.8) is 0 Å². The maximum absolute atomic E-state index is 12.9. The van der Waals surface area contributed by atoms with Crippen LogP contribution in [-0.2, 0) is 27.5 Å². The van der Waals surface area contributed by atoms with Crippen LogP contribution >= 0.6 is 0 Å². The van der Waals surface area contributed by atoms with Crippen LogP contribution in [0, 0.1) is 0 Å². The molecule has 172 valence electrons. The monoisotopic (exact) mass is 469 g/mol. The van der Waals surface area contributed by atoms with E-state index >= 15 is 0 Å². The molecule has 1 aliphatic heterocycles. The predicted molar refractivity (Wildman–Crippen MR) is 123 cm³/mol. The van der Waals surface area contributed by atoms with Crippen LogP contribution in [0.25, 0.3) is 10.8 Å². The van der Waals surface area contributed by atoms with E-state index in [1.807, 2.05) is 6.07 Å². The van der Waals surface area contributed by atoms with Gasteiger partial charge in [0, 0.05) is 25.1 Å². The molecular weight excluding hydrogens is 446 g/mol. The molecule has 0 bridgehead atoms. The van der Waals surface area contributed by atoms with Crippen molar-refractivity contribution in [1.82, 2.24) is 14.8 Å². The van der Waals surface area contributed by atoms with Crippen LogP contribution in [0.5, 0.6) is 5.75 Å². The van der Waals surface area contributed by atoms with Gasteiger partial charge in [0.1, 0.15) is 10.8 Å². The van der Waals surface area contributed by atoms with Crippen molar-refractivity contribution in [3.8, 4) is 5.75 Å². The van der Waals surface area contributed by atoms with Gasteiger partial charge in [-0.25, -0.2) is 13.1 Å². The molecule has 1 aliphatic rings. The molecule has 0 unspecified atom stereocenters. The Balaban J connectivity index is 1.59. The van der Waals surface area contributed by atoms with Gasteiger partial charge in [-0.1, -0.05) is 0 Å². The first kappa shape index (κ1) is 22.6. The van der Waals surface area contributed by atoms with E-state index in [4.69, 9.17) is 15.2 Å². The van der Waals surface area contributed by atoms with E-state index in [9.17, 15) is 13.2 Å². The van der Waals surface area contributed by atoms with Crippen LogP contribution in [0.3, 0.4) is 0 Å². The topological polar surface area (TPSA) is 139 Å². The number of nitrogens with zero attached hydrogens (tertiary/aromatic N) is 4. The summed E-state index contributed by atoms with van der Waals surface area (Å²) in [5, 5.41) is 4.59. The first-order valence-corrected chi connectivity index (χ1v) is 11.7. The number of hydrogen-bond donors (Lipinski definition) is 1. The molecule has 2 aromatic heterocycles. The lowest BCUT2D eigenvalue weighted by Crippen LogP contribution is -2.24. The number of allylic oxidation sites excluding steroid dienone is 1. The number of nitrogens with two attached hydrogens (primary N) is 1. The zero-order valence-electron chi connectivity index (χ0n) is 18.0. The number of fused-ring (bicyclic) bond motifs is 2. The molecule has 3 heterocycles. The Kier molecular flexibility index (Phi) is 6.52. The number of aliphatic imine (C=N–C) groups is 1. The second-order valence-corrected chi connectivity index (χ2v) is 9.27. The Morgan fingerprint density at radius 1 is 1.33 bits per heavy atom. The molecule has 0 spiro atoms. The van der Waals surface area contributed by atoms with E-state index in [0.29, 0.717) is 36.2 Å². The van der Waals surface area contributed by atoms with Crippen molar-refractivity contribution in [2.75, 3.05) is 26.9 Å². The summed E-state index contributed by atoms with van der Waals surface area (Å²) in [5.74, 6) is 0.765. The van der Waals surface area contributed by atoms with Gasteiger partial charge < -0.3 is 15.2 Å². The van der Waals surface area contributed by atoms with Gasteiger partial charge in [0.25, 0.3) is 5.56 Å². The normalized spacial score (nSPS) is 14.0. The highest BCUT2D eigenvalue weighted by Crippen LogP contribution is 2.23. The second kappa shape index (κ2) is 9.51. The van der Waals surface area contributed by atoms with Gasteiger partial charge in [-0.05, 0) is 36.4 Å². The summed E-state index contributed by atoms with van der Waals surface area (Å²) in [5.41, 5.74) is 6.99. The number of pyridine rings is 1. The number of rotatable bonds is 8. The van der Waals surface area contributed by atoms with Crippen molar-refractivity contribution in [2.45, 2.75) is 17.9 Å². The molecule has 4 rings (SSSR count). The summed E-state index contributed by atoms with van der Waals surface area (Å²) < 4.78 is 37.2. The van der Waals surface area contributed by atoms with Crippen molar-refractivity contribution in [2.24, 2.45) is 10.7 Å². The van der Waals surface area contributed by atoms with Crippen LogP contribution in [0.4, 0.5) is 0 Å². The smallest absolute Gasteiger partial charge is 0.274 e. The fourth-order valence-electron chi connectivity index (χ4n) is 3.36. The average Bonchev–Trinajstić information content (AvgIpc) is 3.28. The van der Waals surface area contributed by atoms with Crippen molar-refractivity contribution in [1.29, 1.82) is 0 Å². The van der Waals surface area contributed by atoms with Gasteiger partial charge in [0.05, 0.1) is 54.2 Å². The molecule has 0 fully saturated rings. The summed E-state index contributed by atoms with van der Waals surface area (Å²) in [7, 11) is -2.39. The molecule has 0 radical (unpaired) electrons. The van der Waals surface area contributed by atoms with Crippen molar-refractivity contribution in [3.05, 3.63) is 69.4 Å². The maximum Gasteiger partial charge on any atom is 0.274 e. The van der Waals surface area contributed by atoms with Gasteiger partial charge in [-0.3, -0.25) is 14.8 Å². The van der Waals surface area contributed by atoms with E-state index < -0.39 is 9.84 Å². The first-order valence-electron chi connectivity index (χ1n) is 10.2. The van der Waals surface area contributed by atoms with Crippen molar-refractivity contribution < 1.29 is 17.9 Å². The van der Waals surface area contributed by atoms with Crippen LogP contribution in [0.2, 0.25) is 0 Å². The quantitative estimate of drug-likeness (QED) is 0.382. The highest BCUT2D eigenvalue weighted by atomic mass is 32.2. The minimum absolute atomic E-state index is 0.0340. The Bertz CT molecular complexity index is 1410. The summed E-state index contributed by atoms with van der Waals surface area (Å²) in [6.45, 7) is 1.61. The Morgan fingerprint density at radius 2 is 2.18 bits per heavy atom. The number of ether oxygens (including phenoxy) is 2. The highest BCUT2D eigenvalue weighted by molar-refractivity contribution is 7.95. The molecule has 0 saturated carbocycles. The van der Waals surface area contributed by atoms with E-state index in [1.165, 1.54) is 41.4 Å². The van der Waals surface area contributed by atoms with Gasteiger partial charge in [0.15, 0.2) is 0 Å². The Morgan fingerprint density at radius 3 is 3.00 bits per heavy atom. The molecular formula is C22H23N5O5S. The molecule has 0 atom stereocenters. The Hall–Kier alpha value is -3.57. The first-order chi connectivity index (χ1) is 15.9. The molecule has 2 N–H and O–H groups in total. The van der Waals surface area contributed by atoms with E-state index in [1.54, 1.807) is 13.2 Å². The molecule has 10 nitrogen and oxygen atoms in total. The molecule has 0 aliphatic carbocycles. The minimum Gasteiger partial charge on any atom is -0.491 e. The van der Waals surface area contributed by atoms with Crippen LogP contribution in [0.1, 0.15) is 11.4 Å². The van der Waals surface area contributed by atoms with Crippen molar-refractivity contribution >= 4 is 26.8 Å². The minimum atomic E-state index is -3.94. The number of sulfone groups is 1. The number of hydrogen-bond acceptors (Lipinski definition) is 9. The lowest BCUT2D eigenvalue weighted by atomic mass is 10.2. The number of methoxy groups -OCH3 is 1. The second-order valence-electron chi connectivity index (χ2n) is 7.32. The number of benzene rings is 1. The summed E-state index contributed by atoms with van der Waals surface area (Å²) in [4.78, 5) is 21.4. The third-order valence-corrected chi connectivity index (χ3v) is 6.74. The van der Waals surface area contributed by atoms with Crippen LogP contribution < -0.4 is 16.0 Å². The third-order valence-electron chi connectivity index (χ3n) is 5.11. The third kappa shape index (κ3) is 4.78. The SMILES string of the molecule is COCCN=C/C=C(\N)S(=O)(=O)c1ccc2c(=O)n(Cc3ccc4c(n3)CCO4)ncc2c1. The van der Waals surface area contributed by atoms with E-state index in [2.05, 4.69) is 15.1 Å². The lowest BCUT2D eigenvalue weighted by Gasteiger charge is -2.09. The lowest BCUT2D eigenvalue weighted by molar-refractivity contribution is 0.208. The fourth-order valence-corrected chi connectivity index (χ4v) is 4.40. The summed E-state index contributed by atoms with van der Waals surface area (Å²) >= 11 is 0. The molecule has 3 aromatic rings. The molecule has 0 amide bonds. The maximum atomic E-state index is 12.9. The number of aromatic nitrogens is 3. The molecule has 11 heteroatoms. The molecule has 1 aromatic carbocycles. The Labute approximate surface area is 190 Å². The van der Waals surface area contributed by atoms with E-state index in [0.717, 1.165) is 17.9 Å². The summed E-state index contributed by atoms with van der Waals surface area (Å²) in [6, 6.07) is 7.85. The fraction of sp³-hybridized carbons (Fsp3) is 0.273. The van der Waals surface area contributed by atoms with Gasteiger partial charge in [-0.15, -0.1) is 0 Å². The van der Waals surface area contributed by atoms with Gasteiger partial charge >= 0.3 is 0 Å². The zero-order valence-corrected chi connectivity index (χ0v) is 18.8. The van der Waals surface area contributed by atoms with Gasteiger partial charge in [0.2, 0.25) is 9.84 Å². The largest absolute Gasteiger partial charge is 0.491 e. The van der Waals surface area contributed by atoms with E-state index in [-0.39, 0.29) is 22.0 Å². The van der Waals surface area contributed by atoms with Crippen LogP contribution in [-0.4, -0.2) is 56.3 Å². The summed E-state index contributed by atoms with van der Waals surface area (Å²) in [6.07, 6.45) is 4.74. The highest BCUT2D eigenvalue weighted by Gasteiger charge is 2.19. The zero-order chi connectivity index (χ0) is 23.4. The molecule has 0 saturated heterocycles.